The molecule has 1 aromatic rings. The molecule has 26 heavy (non-hydrogen) atoms. The number of halogens is 3. The van der Waals surface area contributed by atoms with Gasteiger partial charge in [-0.05, 0) is 24.6 Å². The van der Waals surface area contributed by atoms with Gasteiger partial charge in [0, 0.05) is 17.9 Å². The van der Waals surface area contributed by atoms with Crippen molar-refractivity contribution in [2.45, 2.75) is 18.5 Å². The van der Waals surface area contributed by atoms with Gasteiger partial charge in [-0.1, -0.05) is 6.08 Å². The summed E-state index contributed by atoms with van der Waals surface area (Å²) < 4.78 is 41.0. The number of nitriles is 1. The Bertz CT molecular complexity index is 897. The van der Waals surface area contributed by atoms with Crippen LogP contribution in [0.2, 0.25) is 0 Å². The van der Waals surface area contributed by atoms with E-state index in [1.807, 2.05) is 0 Å². The number of alkyl halides is 3. The van der Waals surface area contributed by atoms with Crippen molar-refractivity contribution in [3.05, 3.63) is 51.6 Å². The van der Waals surface area contributed by atoms with Crippen molar-refractivity contribution < 1.29 is 28.3 Å². The zero-order valence-electron chi connectivity index (χ0n) is 13.3. The van der Waals surface area contributed by atoms with E-state index in [-0.39, 0.29) is 11.3 Å². The highest BCUT2D eigenvalue weighted by molar-refractivity contribution is 5.95. The fourth-order valence-electron chi connectivity index (χ4n) is 2.72. The number of rotatable bonds is 3. The average molecular weight is 367 g/mol. The van der Waals surface area contributed by atoms with Gasteiger partial charge in [0.25, 0.3) is 0 Å². The predicted molar refractivity (Wildman–Crippen MR) is 85.0 cm³/mol. The molecule has 0 radical (unpaired) electrons. The van der Waals surface area contributed by atoms with Gasteiger partial charge >= 0.3 is 11.9 Å². The predicted octanol–water partition coefficient (Wildman–Crippen LogP) is 3.29. The second kappa shape index (κ2) is 6.51. The number of benzene rings is 1. The quantitative estimate of drug-likeness (QED) is 0.368. The number of nitrogens with zero attached hydrogens (tertiary/aromatic N) is 3. The normalized spacial score (nSPS) is 20.4. The zero-order valence-corrected chi connectivity index (χ0v) is 13.3. The number of hydrogen-bond donors (Lipinski definition) is 2. The number of phenolic OH excluding ortho intramolecular Hbond substituents is 2. The van der Waals surface area contributed by atoms with Crippen molar-refractivity contribution in [1.29, 1.82) is 5.26 Å². The summed E-state index contributed by atoms with van der Waals surface area (Å²) in [6.07, 6.45) is -2.32. The first kappa shape index (κ1) is 19.0. The molecule has 0 saturated carbocycles. The van der Waals surface area contributed by atoms with Gasteiger partial charge in [-0.2, -0.15) is 18.4 Å². The smallest absolute Gasteiger partial charge is 0.413 e. The largest absolute Gasteiger partial charge is 0.504 e. The van der Waals surface area contributed by atoms with Crippen molar-refractivity contribution in [3.8, 4) is 17.6 Å². The minimum Gasteiger partial charge on any atom is -0.504 e. The van der Waals surface area contributed by atoms with E-state index < -0.39 is 45.8 Å². The van der Waals surface area contributed by atoms with Crippen molar-refractivity contribution in [3.63, 3.8) is 0 Å². The van der Waals surface area contributed by atoms with E-state index in [9.17, 15) is 33.5 Å². The molecule has 10 heteroatoms. The van der Waals surface area contributed by atoms with Crippen LogP contribution in [0.4, 0.5) is 18.9 Å². The first-order valence-corrected chi connectivity index (χ1v) is 7.11. The highest BCUT2D eigenvalue weighted by Gasteiger charge is 2.50. The van der Waals surface area contributed by atoms with Gasteiger partial charge in [0.1, 0.15) is 0 Å². The molecular weight excluding hydrogens is 355 g/mol. The molecule has 0 amide bonds. The van der Waals surface area contributed by atoms with Gasteiger partial charge < -0.3 is 10.2 Å². The lowest BCUT2D eigenvalue weighted by molar-refractivity contribution is -0.386. The molecule has 0 aliphatic carbocycles. The summed E-state index contributed by atoms with van der Waals surface area (Å²) in [7, 11) is 0. The van der Waals surface area contributed by atoms with Crippen molar-refractivity contribution >= 4 is 11.4 Å². The molecule has 7 nitrogen and oxygen atoms in total. The van der Waals surface area contributed by atoms with Crippen LogP contribution < -0.4 is 0 Å². The van der Waals surface area contributed by atoms with Crippen LogP contribution in [-0.2, 0) is 5.41 Å². The summed E-state index contributed by atoms with van der Waals surface area (Å²) in [5, 5.41) is 39.2. The average Bonchev–Trinajstić information content (AvgIpc) is 2.55. The molecule has 2 rings (SSSR count). The molecular formula is C16H12F3N3O4. The lowest BCUT2D eigenvalue weighted by Crippen LogP contribution is -2.39. The molecule has 0 spiro atoms. The highest BCUT2D eigenvalue weighted by atomic mass is 19.4. The second-order valence-corrected chi connectivity index (χ2v) is 5.57. The Morgan fingerprint density at radius 3 is 2.62 bits per heavy atom. The minimum atomic E-state index is -4.83. The second-order valence-electron chi connectivity index (χ2n) is 5.57. The summed E-state index contributed by atoms with van der Waals surface area (Å²) in [6.45, 7) is 0.879. The van der Waals surface area contributed by atoms with Crippen molar-refractivity contribution in [2.75, 3.05) is 6.54 Å². The number of hydrogen-bond acceptors (Lipinski definition) is 6. The molecule has 1 aliphatic rings. The maximum Gasteiger partial charge on any atom is 0.413 e. The molecule has 2 N–H and O–H groups in total. The van der Waals surface area contributed by atoms with E-state index in [4.69, 9.17) is 5.26 Å². The van der Waals surface area contributed by atoms with E-state index in [0.717, 1.165) is 30.4 Å². The molecule has 0 aromatic heterocycles. The van der Waals surface area contributed by atoms with Gasteiger partial charge in [0.05, 0.1) is 28.5 Å². The van der Waals surface area contributed by atoms with Crippen LogP contribution in [0.5, 0.6) is 11.5 Å². The van der Waals surface area contributed by atoms with Crippen LogP contribution in [0.3, 0.4) is 0 Å². The lowest BCUT2D eigenvalue weighted by atomic mass is 9.71. The fraction of sp³-hybridized carbons (Fsp3) is 0.250. The fourth-order valence-corrected chi connectivity index (χ4v) is 2.72. The van der Waals surface area contributed by atoms with E-state index in [1.165, 1.54) is 6.92 Å². The Labute approximate surface area is 145 Å². The molecule has 0 bridgehead atoms. The number of phenols is 2. The first-order valence-electron chi connectivity index (χ1n) is 7.11. The molecule has 1 aromatic carbocycles. The monoisotopic (exact) mass is 367 g/mol. The standard InChI is InChI=1S/C16H12F3N3O4/c1-9-5-13(16(17,18)19)15(8-21-9,3-2-4-20)10-6-11(22(25)26)14(24)12(23)7-10/h2-3,5-7,23-24H,8H2,1H3/b3-2-. The van der Waals surface area contributed by atoms with Crippen molar-refractivity contribution in [1.82, 2.24) is 0 Å². The summed E-state index contributed by atoms with van der Waals surface area (Å²) >= 11 is 0. The minimum absolute atomic E-state index is 0.0933. The first-order chi connectivity index (χ1) is 12.0. The van der Waals surface area contributed by atoms with Gasteiger partial charge in [0.15, 0.2) is 5.75 Å². The van der Waals surface area contributed by atoms with Crippen LogP contribution in [0.15, 0.2) is 40.9 Å². The van der Waals surface area contributed by atoms with E-state index in [1.54, 1.807) is 6.07 Å². The van der Waals surface area contributed by atoms with Gasteiger partial charge in [-0.3, -0.25) is 15.1 Å². The third-order valence-corrected chi connectivity index (χ3v) is 3.94. The molecule has 1 unspecified atom stereocenters. The van der Waals surface area contributed by atoms with Crippen LogP contribution >= 0.6 is 0 Å². The maximum absolute atomic E-state index is 13.7. The third kappa shape index (κ3) is 3.23. The summed E-state index contributed by atoms with van der Waals surface area (Å²) in [5.41, 5.74) is -4.36. The van der Waals surface area contributed by atoms with E-state index >= 15 is 0 Å². The van der Waals surface area contributed by atoms with Crippen LogP contribution in [0.25, 0.3) is 0 Å². The highest BCUT2D eigenvalue weighted by Crippen LogP contribution is 2.48. The topological polar surface area (TPSA) is 120 Å². The Morgan fingerprint density at radius 2 is 2.08 bits per heavy atom. The number of nitro groups is 1. The Balaban J connectivity index is 2.86. The summed E-state index contributed by atoms with van der Waals surface area (Å²) in [5.74, 6) is -2.02. The summed E-state index contributed by atoms with van der Waals surface area (Å²) in [4.78, 5) is 14.0. The Kier molecular flexibility index (Phi) is 4.75. The lowest BCUT2D eigenvalue weighted by Gasteiger charge is -2.36. The Morgan fingerprint density at radius 1 is 1.42 bits per heavy atom. The molecule has 136 valence electrons. The number of dihydropyridines is 1. The maximum atomic E-state index is 13.7. The molecule has 0 saturated heterocycles. The zero-order chi connectivity index (χ0) is 19.7. The Hall–Kier alpha value is -3.35. The number of allylic oxidation sites excluding steroid dienone is 2. The van der Waals surface area contributed by atoms with Crippen LogP contribution in [-0.4, -0.2) is 33.6 Å². The van der Waals surface area contributed by atoms with Gasteiger partial charge in [-0.25, -0.2) is 0 Å². The molecule has 1 atom stereocenters. The van der Waals surface area contributed by atoms with E-state index in [2.05, 4.69) is 4.99 Å². The third-order valence-electron chi connectivity index (χ3n) is 3.94. The molecule has 0 fully saturated rings. The number of nitro benzene ring substituents is 1. The van der Waals surface area contributed by atoms with Gasteiger partial charge in [-0.15, -0.1) is 0 Å². The van der Waals surface area contributed by atoms with Crippen molar-refractivity contribution in [2.24, 2.45) is 4.99 Å². The van der Waals surface area contributed by atoms with E-state index in [0.29, 0.717) is 0 Å². The SMILES string of the molecule is CC1=NCC(/C=C\C#N)(c2cc(O)c(O)c([N+](=O)[O-])c2)C(C(F)(F)F)=C1. The molecule has 1 aliphatic heterocycles. The molecule has 1 heterocycles. The number of aromatic hydroxyl groups is 2. The van der Waals surface area contributed by atoms with Gasteiger partial charge in [0.2, 0.25) is 5.75 Å². The van der Waals surface area contributed by atoms with Crippen LogP contribution in [0, 0.1) is 21.4 Å². The summed E-state index contributed by atoms with van der Waals surface area (Å²) in [6, 6.07) is 3.11. The number of aliphatic imine (C=N–C) groups is 1. The van der Waals surface area contributed by atoms with Crippen LogP contribution in [0.1, 0.15) is 12.5 Å².